The molecule has 1 aliphatic heterocycles. The minimum Gasteiger partial charge on any atom is -0.348 e. The minimum absolute atomic E-state index is 0.0299. The predicted molar refractivity (Wildman–Crippen MR) is 90.6 cm³/mol. The van der Waals surface area contributed by atoms with Gasteiger partial charge >= 0.3 is 0 Å². The zero-order chi connectivity index (χ0) is 18.1. The van der Waals surface area contributed by atoms with Crippen molar-refractivity contribution >= 4 is 5.91 Å². The van der Waals surface area contributed by atoms with Crippen molar-refractivity contribution in [2.45, 2.75) is 31.8 Å². The Morgan fingerprint density at radius 1 is 1.27 bits per heavy atom. The van der Waals surface area contributed by atoms with Gasteiger partial charge in [0.2, 0.25) is 0 Å². The van der Waals surface area contributed by atoms with E-state index >= 15 is 0 Å². The van der Waals surface area contributed by atoms with E-state index in [0.29, 0.717) is 12.2 Å². The number of hydrogen-bond donors (Lipinski definition) is 1. The number of amides is 1. The molecular weight excluding hydrogens is 337 g/mol. The Labute approximate surface area is 149 Å². The van der Waals surface area contributed by atoms with Crippen molar-refractivity contribution in [1.29, 1.82) is 0 Å². The third-order valence-corrected chi connectivity index (χ3v) is 4.60. The van der Waals surface area contributed by atoms with Crippen LogP contribution in [0.2, 0.25) is 0 Å². The van der Waals surface area contributed by atoms with Crippen molar-refractivity contribution in [2.75, 3.05) is 0 Å². The number of nitrogens with one attached hydrogen (secondary N) is 1. The molecule has 0 bridgehead atoms. The molecule has 1 aromatic carbocycles. The number of hydrogen-bond acceptors (Lipinski definition) is 5. The summed E-state index contributed by atoms with van der Waals surface area (Å²) in [5, 5.41) is 18.9. The van der Waals surface area contributed by atoms with E-state index in [1.165, 1.54) is 12.1 Å². The first-order chi connectivity index (χ1) is 12.6. The van der Waals surface area contributed by atoms with Crippen molar-refractivity contribution in [1.82, 2.24) is 35.3 Å². The van der Waals surface area contributed by atoms with Gasteiger partial charge < -0.3 is 5.32 Å². The molecular formula is C17H18FN7O. The lowest BCUT2D eigenvalue weighted by molar-refractivity contribution is 0.0927. The van der Waals surface area contributed by atoms with Crippen LogP contribution < -0.4 is 5.32 Å². The predicted octanol–water partition coefficient (Wildman–Crippen LogP) is 1.35. The first-order valence-corrected chi connectivity index (χ1v) is 8.46. The first kappa shape index (κ1) is 16.4. The lowest BCUT2D eigenvalue weighted by atomic mass is 10.1. The standard InChI is InChI=1S/C17H18FN7O/c1-24-15(11-2-4-12(18)5-3-11)10-14(21-24)17(26)19-13-6-7-16-20-22-23-25(16)9-8-13/h2-5,10,13H,6-9H2,1H3,(H,19,26). The fourth-order valence-electron chi connectivity index (χ4n) is 3.17. The molecule has 1 atom stereocenters. The van der Waals surface area contributed by atoms with E-state index in [4.69, 9.17) is 0 Å². The summed E-state index contributed by atoms with van der Waals surface area (Å²) in [5.74, 6) is 0.328. The van der Waals surface area contributed by atoms with Crippen LogP contribution in [0.4, 0.5) is 4.39 Å². The van der Waals surface area contributed by atoms with E-state index in [9.17, 15) is 9.18 Å². The van der Waals surface area contributed by atoms with Gasteiger partial charge in [0, 0.05) is 26.1 Å². The van der Waals surface area contributed by atoms with E-state index in [1.807, 2.05) is 0 Å². The van der Waals surface area contributed by atoms with Crippen LogP contribution in [0.1, 0.15) is 29.2 Å². The summed E-state index contributed by atoms with van der Waals surface area (Å²) >= 11 is 0. The van der Waals surface area contributed by atoms with Gasteiger partial charge in [0.25, 0.3) is 5.91 Å². The SMILES string of the molecule is Cn1nc(C(=O)NC2CCc3nnnn3CC2)cc1-c1ccc(F)cc1. The third-order valence-electron chi connectivity index (χ3n) is 4.60. The van der Waals surface area contributed by atoms with Crippen LogP contribution in [0.15, 0.2) is 30.3 Å². The first-order valence-electron chi connectivity index (χ1n) is 8.46. The number of rotatable bonds is 3. The fourth-order valence-corrected chi connectivity index (χ4v) is 3.17. The fraction of sp³-hybridized carbons (Fsp3) is 0.353. The Morgan fingerprint density at radius 2 is 2.08 bits per heavy atom. The molecule has 3 aromatic rings. The molecule has 1 unspecified atom stereocenters. The van der Waals surface area contributed by atoms with Gasteiger partial charge in [-0.25, -0.2) is 9.07 Å². The van der Waals surface area contributed by atoms with Gasteiger partial charge in [0.1, 0.15) is 5.82 Å². The maximum atomic E-state index is 13.1. The molecule has 0 saturated carbocycles. The van der Waals surface area contributed by atoms with Crippen molar-refractivity contribution in [2.24, 2.45) is 7.05 Å². The van der Waals surface area contributed by atoms with Crippen molar-refractivity contribution in [3.8, 4) is 11.3 Å². The second-order valence-corrected chi connectivity index (χ2v) is 6.36. The molecule has 8 nitrogen and oxygen atoms in total. The molecule has 3 heterocycles. The van der Waals surface area contributed by atoms with Gasteiger partial charge in [-0.1, -0.05) is 0 Å². The monoisotopic (exact) mass is 355 g/mol. The molecule has 4 rings (SSSR count). The van der Waals surface area contributed by atoms with Crippen LogP contribution in [0, 0.1) is 5.82 Å². The van der Waals surface area contributed by atoms with Crippen molar-refractivity contribution < 1.29 is 9.18 Å². The molecule has 1 N–H and O–H groups in total. The van der Waals surface area contributed by atoms with Crippen LogP contribution in [-0.4, -0.2) is 41.9 Å². The Hall–Kier alpha value is -3.10. The lowest BCUT2D eigenvalue weighted by Crippen LogP contribution is -2.35. The highest BCUT2D eigenvalue weighted by atomic mass is 19.1. The molecule has 26 heavy (non-hydrogen) atoms. The summed E-state index contributed by atoms with van der Waals surface area (Å²) in [6, 6.07) is 7.86. The molecule has 1 aliphatic rings. The summed E-state index contributed by atoms with van der Waals surface area (Å²) in [7, 11) is 1.76. The van der Waals surface area contributed by atoms with Crippen LogP contribution in [0.25, 0.3) is 11.3 Å². The number of carbonyl (C=O) groups is 1. The number of benzene rings is 1. The number of aryl methyl sites for hydroxylation is 3. The van der Waals surface area contributed by atoms with Crippen molar-refractivity contribution in [3.05, 3.63) is 47.7 Å². The zero-order valence-corrected chi connectivity index (χ0v) is 14.3. The lowest BCUT2D eigenvalue weighted by Gasteiger charge is -2.14. The Balaban J connectivity index is 1.46. The van der Waals surface area contributed by atoms with E-state index in [1.54, 1.807) is 34.6 Å². The Morgan fingerprint density at radius 3 is 2.88 bits per heavy atom. The van der Waals surface area contributed by atoms with Crippen LogP contribution in [0.5, 0.6) is 0 Å². The van der Waals surface area contributed by atoms with Gasteiger partial charge in [-0.3, -0.25) is 9.48 Å². The van der Waals surface area contributed by atoms with E-state index < -0.39 is 0 Å². The quantitative estimate of drug-likeness (QED) is 0.766. The number of nitrogens with zero attached hydrogens (tertiary/aromatic N) is 6. The topological polar surface area (TPSA) is 90.5 Å². The second-order valence-electron chi connectivity index (χ2n) is 6.36. The summed E-state index contributed by atoms with van der Waals surface area (Å²) < 4.78 is 16.5. The molecule has 0 radical (unpaired) electrons. The highest BCUT2D eigenvalue weighted by Gasteiger charge is 2.22. The van der Waals surface area contributed by atoms with E-state index in [-0.39, 0.29) is 17.8 Å². The van der Waals surface area contributed by atoms with Gasteiger partial charge in [0.05, 0.1) is 5.69 Å². The third kappa shape index (κ3) is 3.19. The normalized spacial score (nSPS) is 16.8. The summed E-state index contributed by atoms with van der Waals surface area (Å²) in [4.78, 5) is 12.6. The maximum absolute atomic E-state index is 13.1. The second kappa shape index (κ2) is 6.66. The van der Waals surface area contributed by atoms with E-state index in [2.05, 4.69) is 25.9 Å². The molecule has 134 valence electrons. The minimum atomic E-state index is -0.299. The summed E-state index contributed by atoms with van der Waals surface area (Å²) in [5.41, 5.74) is 1.90. The number of halogens is 1. The molecule has 9 heteroatoms. The smallest absolute Gasteiger partial charge is 0.272 e. The summed E-state index contributed by atoms with van der Waals surface area (Å²) in [6.45, 7) is 0.677. The number of tetrazole rings is 1. The maximum Gasteiger partial charge on any atom is 0.272 e. The zero-order valence-electron chi connectivity index (χ0n) is 14.3. The Kier molecular flexibility index (Phi) is 4.19. The molecule has 0 saturated heterocycles. The van der Waals surface area contributed by atoms with Gasteiger partial charge in [-0.15, -0.1) is 5.10 Å². The average Bonchev–Trinajstić information content (AvgIpc) is 3.20. The van der Waals surface area contributed by atoms with Crippen LogP contribution in [0.3, 0.4) is 0 Å². The molecule has 2 aromatic heterocycles. The highest BCUT2D eigenvalue weighted by molar-refractivity contribution is 5.93. The Bertz CT molecular complexity index is 908. The number of fused-ring (bicyclic) bond motifs is 1. The average molecular weight is 355 g/mol. The van der Waals surface area contributed by atoms with E-state index in [0.717, 1.165) is 36.3 Å². The van der Waals surface area contributed by atoms with Crippen molar-refractivity contribution in [3.63, 3.8) is 0 Å². The van der Waals surface area contributed by atoms with Crippen LogP contribution >= 0.6 is 0 Å². The number of carbonyl (C=O) groups excluding carboxylic acids is 1. The molecule has 0 fully saturated rings. The summed E-state index contributed by atoms with van der Waals surface area (Å²) in [6.07, 6.45) is 2.27. The largest absolute Gasteiger partial charge is 0.348 e. The van der Waals surface area contributed by atoms with Crippen LogP contribution in [-0.2, 0) is 20.0 Å². The van der Waals surface area contributed by atoms with Gasteiger partial charge in [-0.05, 0) is 59.2 Å². The van der Waals surface area contributed by atoms with Gasteiger partial charge in [0.15, 0.2) is 11.5 Å². The highest BCUT2D eigenvalue weighted by Crippen LogP contribution is 2.20. The van der Waals surface area contributed by atoms with Gasteiger partial charge in [-0.2, -0.15) is 5.10 Å². The molecule has 0 spiro atoms. The molecule has 0 aliphatic carbocycles. The number of aromatic nitrogens is 6. The molecule has 1 amide bonds.